The average molecular weight is 346 g/mol. The second-order valence-electron chi connectivity index (χ2n) is 6.95. The Morgan fingerprint density at radius 2 is 1.19 bits per heavy atom. The van der Waals surface area contributed by atoms with Gasteiger partial charge in [0.25, 0.3) is 0 Å². The van der Waals surface area contributed by atoms with Crippen LogP contribution >= 0.6 is 0 Å². The molecule has 0 bridgehead atoms. The molecule has 0 saturated heterocycles. The molecule has 0 radical (unpaired) electrons. The monoisotopic (exact) mass is 346 g/mol. The summed E-state index contributed by atoms with van der Waals surface area (Å²) in [6.45, 7) is 4.47. The summed E-state index contributed by atoms with van der Waals surface area (Å²) in [6, 6.07) is 25.7. The van der Waals surface area contributed by atoms with Crippen LogP contribution in [0.3, 0.4) is 0 Å². The first kappa shape index (κ1) is 18.1. The molecular formula is C24H26O2. The lowest BCUT2D eigenvalue weighted by Crippen LogP contribution is -2.34. The Morgan fingerprint density at radius 1 is 0.731 bits per heavy atom. The summed E-state index contributed by atoms with van der Waals surface area (Å²) in [5, 5.41) is 19.6. The molecule has 0 saturated carbocycles. The molecule has 2 nitrogen and oxygen atoms in total. The van der Waals surface area contributed by atoms with Crippen molar-refractivity contribution in [1.29, 1.82) is 0 Å². The van der Waals surface area contributed by atoms with Crippen LogP contribution in [-0.4, -0.2) is 10.2 Å². The maximum absolute atomic E-state index is 9.78. The molecule has 1 atom stereocenters. The minimum atomic E-state index is -0.239. The zero-order valence-corrected chi connectivity index (χ0v) is 15.4. The van der Waals surface area contributed by atoms with E-state index in [1.165, 1.54) is 16.7 Å². The second kappa shape index (κ2) is 7.65. The van der Waals surface area contributed by atoms with Crippen LogP contribution < -0.4 is 0 Å². The minimum absolute atomic E-state index is 0.234. The molecule has 3 aromatic carbocycles. The van der Waals surface area contributed by atoms with Crippen LogP contribution in [-0.2, 0) is 5.41 Å². The van der Waals surface area contributed by atoms with E-state index in [0.29, 0.717) is 0 Å². The van der Waals surface area contributed by atoms with Crippen molar-refractivity contribution in [3.63, 3.8) is 0 Å². The molecule has 0 heterocycles. The van der Waals surface area contributed by atoms with Crippen LogP contribution in [0.4, 0.5) is 0 Å². The summed E-state index contributed by atoms with van der Waals surface area (Å²) in [4.78, 5) is 0. The molecule has 0 fully saturated rings. The molecule has 26 heavy (non-hydrogen) atoms. The third kappa shape index (κ3) is 3.32. The highest BCUT2D eigenvalue weighted by molar-refractivity contribution is 5.47. The number of benzene rings is 3. The van der Waals surface area contributed by atoms with Gasteiger partial charge in [-0.1, -0.05) is 74.9 Å². The zero-order chi connectivity index (χ0) is 18.6. The van der Waals surface area contributed by atoms with Crippen molar-refractivity contribution in [2.45, 2.75) is 38.0 Å². The number of hydrogen-bond acceptors (Lipinski definition) is 2. The van der Waals surface area contributed by atoms with E-state index < -0.39 is 0 Å². The van der Waals surface area contributed by atoms with E-state index in [2.05, 4.69) is 38.1 Å². The summed E-state index contributed by atoms with van der Waals surface area (Å²) in [5.74, 6) is 0.784. The van der Waals surface area contributed by atoms with Gasteiger partial charge in [0.2, 0.25) is 0 Å². The summed E-state index contributed by atoms with van der Waals surface area (Å²) in [5.41, 5.74) is 3.40. The van der Waals surface area contributed by atoms with Crippen molar-refractivity contribution in [2.24, 2.45) is 0 Å². The normalized spacial score (nSPS) is 12.7. The summed E-state index contributed by atoms with van der Waals surface area (Å²) in [6.07, 6.45) is 2.00. The highest BCUT2D eigenvalue weighted by Gasteiger charge is 2.39. The largest absolute Gasteiger partial charge is 0.508 e. The van der Waals surface area contributed by atoms with Crippen LogP contribution in [0.1, 0.15) is 49.3 Å². The lowest BCUT2D eigenvalue weighted by Gasteiger charge is -2.41. The van der Waals surface area contributed by atoms with Crippen molar-refractivity contribution in [3.05, 3.63) is 95.6 Å². The van der Waals surface area contributed by atoms with Crippen LogP contribution in [0.2, 0.25) is 0 Å². The number of rotatable bonds is 6. The third-order valence-electron chi connectivity index (χ3n) is 5.45. The van der Waals surface area contributed by atoms with E-state index in [4.69, 9.17) is 0 Å². The van der Waals surface area contributed by atoms with Gasteiger partial charge < -0.3 is 10.2 Å². The second-order valence-corrected chi connectivity index (χ2v) is 6.95. The number of hydrogen-bond donors (Lipinski definition) is 2. The Kier molecular flexibility index (Phi) is 5.32. The van der Waals surface area contributed by atoms with Crippen molar-refractivity contribution in [2.75, 3.05) is 0 Å². The number of aromatic hydroxyl groups is 2. The van der Waals surface area contributed by atoms with Gasteiger partial charge in [-0.15, -0.1) is 0 Å². The number of phenolic OH excluding ortho intramolecular Hbond substituents is 2. The van der Waals surface area contributed by atoms with Gasteiger partial charge >= 0.3 is 0 Å². The molecule has 0 aromatic heterocycles. The standard InChI is InChI=1S/C24H26O2/c1-3-17-24(20-9-13-22(25)14-10-20,21-11-15-23(26)16-12-21)18(2)19-7-5-4-6-8-19/h4-16,18,25-26H,3,17H2,1-2H3. The topological polar surface area (TPSA) is 40.5 Å². The molecule has 134 valence electrons. The summed E-state index contributed by atoms with van der Waals surface area (Å²) in [7, 11) is 0. The van der Waals surface area contributed by atoms with Crippen LogP contribution in [0, 0.1) is 0 Å². The summed E-state index contributed by atoms with van der Waals surface area (Å²) >= 11 is 0. The van der Waals surface area contributed by atoms with E-state index in [0.717, 1.165) is 12.8 Å². The van der Waals surface area contributed by atoms with Crippen molar-refractivity contribution < 1.29 is 10.2 Å². The molecule has 1 unspecified atom stereocenters. The molecule has 3 rings (SSSR count). The first-order chi connectivity index (χ1) is 12.6. The molecular weight excluding hydrogens is 320 g/mol. The van der Waals surface area contributed by atoms with Crippen molar-refractivity contribution in [1.82, 2.24) is 0 Å². The summed E-state index contributed by atoms with van der Waals surface area (Å²) < 4.78 is 0. The van der Waals surface area contributed by atoms with E-state index in [1.54, 1.807) is 24.3 Å². The fraction of sp³-hybridized carbons (Fsp3) is 0.250. The molecule has 0 aliphatic carbocycles. The molecule has 0 aliphatic rings. The van der Waals surface area contributed by atoms with Crippen molar-refractivity contribution >= 4 is 0 Å². The van der Waals surface area contributed by atoms with Gasteiger partial charge in [-0.2, -0.15) is 0 Å². The molecule has 3 aromatic rings. The van der Waals surface area contributed by atoms with Crippen LogP contribution in [0.15, 0.2) is 78.9 Å². The minimum Gasteiger partial charge on any atom is -0.508 e. The van der Waals surface area contributed by atoms with Crippen LogP contribution in [0.25, 0.3) is 0 Å². The van der Waals surface area contributed by atoms with Gasteiger partial charge in [0.15, 0.2) is 0 Å². The van der Waals surface area contributed by atoms with Gasteiger partial charge in [-0.25, -0.2) is 0 Å². The lowest BCUT2D eigenvalue weighted by molar-refractivity contribution is 0.393. The zero-order valence-electron chi connectivity index (χ0n) is 15.4. The number of phenols is 2. The molecule has 0 amide bonds. The van der Waals surface area contributed by atoms with Gasteiger partial charge in [0.1, 0.15) is 11.5 Å². The van der Waals surface area contributed by atoms with E-state index >= 15 is 0 Å². The highest BCUT2D eigenvalue weighted by atomic mass is 16.3. The van der Waals surface area contributed by atoms with E-state index in [-0.39, 0.29) is 22.8 Å². The first-order valence-corrected chi connectivity index (χ1v) is 9.22. The van der Waals surface area contributed by atoms with Gasteiger partial charge in [0, 0.05) is 5.41 Å². The Bertz CT molecular complexity index is 775. The van der Waals surface area contributed by atoms with Gasteiger partial charge in [0.05, 0.1) is 0 Å². The molecule has 2 heteroatoms. The van der Waals surface area contributed by atoms with E-state index in [1.807, 2.05) is 30.3 Å². The lowest BCUT2D eigenvalue weighted by atomic mass is 9.62. The fourth-order valence-corrected chi connectivity index (χ4v) is 4.11. The van der Waals surface area contributed by atoms with Crippen LogP contribution in [0.5, 0.6) is 11.5 Å². The Labute approximate surface area is 155 Å². The molecule has 2 N–H and O–H groups in total. The van der Waals surface area contributed by atoms with Crippen molar-refractivity contribution in [3.8, 4) is 11.5 Å². The average Bonchev–Trinajstić information content (AvgIpc) is 2.68. The van der Waals surface area contributed by atoms with E-state index in [9.17, 15) is 10.2 Å². The SMILES string of the molecule is CCCC(c1ccc(O)cc1)(c1ccc(O)cc1)C(C)c1ccccc1. The molecule has 0 spiro atoms. The predicted molar refractivity (Wildman–Crippen MR) is 107 cm³/mol. The smallest absolute Gasteiger partial charge is 0.115 e. The fourth-order valence-electron chi connectivity index (χ4n) is 4.11. The van der Waals surface area contributed by atoms with Gasteiger partial charge in [-0.05, 0) is 53.3 Å². The Hall–Kier alpha value is -2.74. The van der Waals surface area contributed by atoms with Gasteiger partial charge in [-0.3, -0.25) is 0 Å². The maximum Gasteiger partial charge on any atom is 0.115 e. The highest BCUT2D eigenvalue weighted by Crippen LogP contribution is 2.48. The Balaban J connectivity index is 2.24. The third-order valence-corrected chi connectivity index (χ3v) is 5.45. The quantitative estimate of drug-likeness (QED) is 0.576. The predicted octanol–water partition coefficient (Wildman–Crippen LogP) is 5.99. The Morgan fingerprint density at radius 3 is 1.62 bits per heavy atom. The molecule has 0 aliphatic heterocycles. The first-order valence-electron chi connectivity index (χ1n) is 9.22. The maximum atomic E-state index is 9.78.